The molecule has 0 saturated heterocycles. The highest BCUT2D eigenvalue weighted by molar-refractivity contribution is 6.37. The van der Waals surface area contributed by atoms with Gasteiger partial charge < -0.3 is 4.42 Å². The smallest absolute Gasteiger partial charge is 0.387 e. The third-order valence-electron chi connectivity index (χ3n) is 2.61. The number of hydrogen-bond donors (Lipinski definition) is 0. The van der Waals surface area contributed by atoms with Gasteiger partial charge in [-0.3, -0.25) is 4.98 Å². The lowest BCUT2D eigenvalue weighted by Gasteiger charge is -2.02. The van der Waals surface area contributed by atoms with E-state index in [1.54, 1.807) is 12.1 Å². The molecule has 100 valence electrons. The summed E-state index contributed by atoms with van der Waals surface area (Å²) in [4.78, 5) is 15.7. The highest BCUT2D eigenvalue weighted by Gasteiger charge is 2.16. The van der Waals surface area contributed by atoms with Crippen LogP contribution in [0, 0.1) is 0 Å². The van der Waals surface area contributed by atoms with Crippen molar-refractivity contribution >= 4 is 23.2 Å². The molecule has 0 amide bonds. The predicted molar refractivity (Wildman–Crippen MR) is 75.4 cm³/mol. The molecule has 0 saturated carbocycles. The molecule has 2 aromatic heterocycles. The normalized spacial score (nSPS) is 10.7. The van der Waals surface area contributed by atoms with E-state index >= 15 is 0 Å². The van der Waals surface area contributed by atoms with Crippen LogP contribution in [0.25, 0.3) is 17.1 Å². The summed E-state index contributed by atoms with van der Waals surface area (Å²) in [6.07, 6.45) is 2.76. The molecule has 0 atom stereocenters. The molecule has 0 unspecified atom stereocenters. The standard InChI is InChI=1S/C13H7Cl2N3O2/c14-9-6-16-7-10(15)11(9)18-13(19)20-12(17-18)8-4-2-1-3-5-8/h1-7H. The molecule has 3 aromatic rings. The van der Waals surface area contributed by atoms with Crippen molar-refractivity contribution in [1.82, 2.24) is 14.8 Å². The molecule has 0 radical (unpaired) electrons. The molecule has 0 aliphatic heterocycles. The van der Waals surface area contributed by atoms with Crippen LogP contribution < -0.4 is 5.76 Å². The van der Waals surface area contributed by atoms with Crippen molar-refractivity contribution in [2.45, 2.75) is 0 Å². The van der Waals surface area contributed by atoms with Gasteiger partial charge in [-0.15, -0.1) is 5.10 Å². The van der Waals surface area contributed by atoms with E-state index in [0.717, 1.165) is 4.68 Å². The van der Waals surface area contributed by atoms with Gasteiger partial charge in [0.25, 0.3) is 0 Å². The second-order valence-corrected chi connectivity index (χ2v) is 4.72. The molecule has 0 spiro atoms. The highest BCUT2D eigenvalue weighted by atomic mass is 35.5. The zero-order valence-corrected chi connectivity index (χ0v) is 11.5. The van der Waals surface area contributed by atoms with Gasteiger partial charge in [0.2, 0.25) is 5.89 Å². The summed E-state index contributed by atoms with van der Waals surface area (Å²) in [6.45, 7) is 0. The number of halogens is 2. The minimum Gasteiger partial charge on any atom is -0.387 e. The third kappa shape index (κ3) is 2.21. The Morgan fingerprint density at radius 3 is 2.35 bits per heavy atom. The van der Waals surface area contributed by atoms with Gasteiger partial charge in [-0.25, -0.2) is 4.79 Å². The Hall–Kier alpha value is -2.11. The Morgan fingerprint density at radius 2 is 1.70 bits per heavy atom. The van der Waals surface area contributed by atoms with Gasteiger partial charge in [-0.2, -0.15) is 4.68 Å². The van der Waals surface area contributed by atoms with E-state index in [2.05, 4.69) is 10.1 Å². The van der Waals surface area contributed by atoms with Crippen molar-refractivity contribution in [3.05, 3.63) is 63.3 Å². The molecule has 0 fully saturated rings. The van der Waals surface area contributed by atoms with Crippen LogP contribution in [-0.2, 0) is 0 Å². The van der Waals surface area contributed by atoms with Gasteiger partial charge in [-0.05, 0) is 12.1 Å². The van der Waals surface area contributed by atoms with Crippen LogP contribution in [0.15, 0.2) is 51.9 Å². The van der Waals surface area contributed by atoms with E-state index in [1.165, 1.54) is 12.4 Å². The van der Waals surface area contributed by atoms with E-state index in [0.29, 0.717) is 5.56 Å². The minimum absolute atomic E-state index is 0.194. The number of hydrogen-bond acceptors (Lipinski definition) is 4. The van der Waals surface area contributed by atoms with Gasteiger partial charge >= 0.3 is 5.76 Å². The van der Waals surface area contributed by atoms with Gasteiger partial charge in [0.05, 0.1) is 10.0 Å². The maximum atomic E-state index is 11.9. The first kappa shape index (κ1) is 12.9. The highest BCUT2D eigenvalue weighted by Crippen LogP contribution is 2.26. The van der Waals surface area contributed by atoms with E-state index in [4.69, 9.17) is 27.6 Å². The van der Waals surface area contributed by atoms with Crippen LogP contribution in [0.4, 0.5) is 0 Å². The molecule has 7 heteroatoms. The van der Waals surface area contributed by atoms with Crippen LogP contribution in [0.1, 0.15) is 0 Å². The van der Waals surface area contributed by atoms with Crippen LogP contribution in [0.2, 0.25) is 10.0 Å². The lowest BCUT2D eigenvalue weighted by molar-refractivity contribution is 0.516. The molecule has 0 aliphatic carbocycles. The van der Waals surface area contributed by atoms with Crippen molar-refractivity contribution in [1.29, 1.82) is 0 Å². The van der Waals surface area contributed by atoms with Gasteiger partial charge in [0.1, 0.15) is 5.69 Å². The van der Waals surface area contributed by atoms with Crippen molar-refractivity contribution < 1.29 is 4.42 Å². The zero-order chi connectivity index (χ0) is 14.1. The minimum atomic E-state index is -0.668. The average molecular weight is 308 g/mol. The van der Waals surface area contributed by atoms with Crippen LogP contribution in [-0.4, -0.2) is 14.8 Å². The lowest BCUT2D eigenvalue weighted by atomic mass is 10.2. The molecule has 2 heterocycles. The number of aromatic nitrogens is 3. The second kappa shape index (κ2) is 5.11. The summed E-state index contributed by atoms with van der Waals surface area (Å²) >= 11 is 12.0. The maximum Gasteiger partial charge on any atom is 0.442 e. The molecule has 5 nitrogen and oxygen atoms in total. The fourth-order valence-corrected chi connectivity index (χ4v) is 2.25. The first-order chi connectivity index (χ1) is 9.66. The molecule has 0 aliphatic rings. The van der Waals surface area contributed by atoms with Crippen LogP contribution in [0.5, 0.6) is 0 Å². The number of nitrogens with zero attached hydrogens (tertiary/aromatic N) is 3. The molecule has 0 bridgehead atoms. The third-order valence-corrected chi connectivity index (χ3v) is 3.16. The van der Waals surface area contributed by atoms with Crippen molar-refractivity contribution in [2.24, 2.45) is 0 Å². The molecule has 3 rings (SSSR count). The maximum absolute atomic E-state index is 11.9. The van der Waals surface area contributed by atoms with Crippen LogP contribution >= 0.6 is 23.2 Å². The van der Waals surface area contributed by atoms with E-state index < -0.39 is 5.76 Å². The monoisotopic (exact) mass is 307 g/mol. The van der Waals surface area contributed by atoms with Crippen molar-refractivity contribution in [3.63, 3.8) is 0 Å². The Morgan fingerprint density at radius 1 is 1.05 bits per heavy atom. The van der Waals surface area contributed by atoms with Gasteiger partial charge in [0.15, 0.2) is 0 Å². The first-order valence-electron chi connectivity index (χ1n) is 5.62. The Kier molecular flexibility index (Phi) is 3.30. The molecule has 1 aromatic carbocycles. The summed E-state index contributed by atoms with van der Waals surface area (Å²) in [5.41, 5.74) is 0.934. The largest absolute Gasteiger partial charge is 0.442 e. The SMILES string of the molecule is O=c1oc(-c2ccccc2)nn1-c1c(Cl)cncc1Cl. The summed E-state index contributed by atoms with van der Waals surface area (Å²) in [6, 6.07) is 9.06. The molecular formula is C13H7Cl2N3O2. The topological polar surface area (TPSA) is 60.9 Å². The van der Waals surface area contributed by atoms with E-state index in [9.17, 15) is 4.79 Å². The van der Waals surface area contributed by atoms with Crippen LogP contribution in [0.3, 0.4) is 0 Å². The number of pyridine rings is 1. The molecular weight excluding hydrogens is 301 g/mol. The number of rotatable bonds is 2. The van der Waals surface area contributed by atoms with E-state index in [1.807, 2.05) is 18.2 Å². The van der Waals surface area contributed by atoms with E-state index in [-0.39, 0.29) is 21.6 Å². The Bertz CT molecular complexity index is 792. The quantitative estimate of drug-likeness (QED) is 0.729. The average Bonchev–Trinajstić information content (AvgIpc) is 2.82. The van der Waals surface area contributed by atoms with Gasteiger partial charge in [-0.1, -0.05) is 41.4 Å². The van der Waals surface area contributed by atoms with Crippen molar-refractivity contribution in [2.75, 3.05) is 0 Å². The fourth-order valence-electron chi connectivity index (χ4n) is 1.72. The fraction of sp³-hybridized carbons (Fsp3) is 0. The summed E-state index contributed by atoms with van der Waals surface area (Å²) in [5.74, 6) is -0.474. The summed E-state index contributed by atoms with van der Waals surface area (Å²) in [7, 11) is 0. The Labute approximate surface area is 123 Å². The second-order valence-electron chi connectivity index (χ2n) is 3.90. The lowest BCUT2D eigenvalue weighted by Crippen LogP contribution is -2.14. The summed E-state index contributed by atoms with van der Waals surface area (Å²) in [5, 5.41) is 4.54. The zero-order valence-electron chi connectivity index (χ0n) is 9.96. The molecule has 0 N–H and O–H groups in total. The first-order valence-corrected chi connectivity index (χ1v) is 6.37. The van der Waals surface area contributed by atoms with Crippen molar-refractivity contribution in [3.8, 4) is 17.1 Å². The van der Waals surface area contributed by atoms with Gasteiger partial charge in [0, 0.05) is 18.0 Å². The molecule has 20 heavy (non-hydrogen) atoms. The summed E-state index contributed by atoms with van der Waals surface area (Å²) < 4.78 is 6.15. The predicted octanol–water partition coefficient (Wildman–Crippen LogP) is 3.19. The Balaban J connectivity index is 2.18. The number of benzene rings is 1.